The van der Waals surface area contributed by atoms with Crippen LogP contribution in [-0.4, -0.2) is 36.5 Å². The van der Waals surface area contributed by atoms with E-state index in [1.54, 1.807) is 44.4 Å². The van der Waals surface area contributed by atoms with Crippen molar-refractivity contribution >= 4 is 23.1 Å². The lowest BCUT2D eigenvalue weighted by Crippen LogP contribution is -1.92. The molecule has 0 bridgehead atoms. The van der Waals surface area contributed by atoms with Gasteiger partial charge in [-0.1, -0.05) is 11.8 Å². The minimum Gasteiger partial charge on any atom is -0.497 e. The quantitative estimate of drug-likeness (QED) is 0.300. The van der Waals surface area contributed by atoms with Gasteiger partial charge < -0.3 is 14.2 Å². The zero-order valence-electron chi connectivity index (χ0n) is 18.3. The first kappa shape index (κ1) is 22.1. The molecule has 164 valence electrons. The highest BCUT2D eigenvalue weighted by Crippen LogP contribution is 2.35. The molecule has 0 N–H and O–H groups in total. The molecule has 8 heteroatoms. The normalized spacial score (nSPS) is 10.8. The van der Waals surface area contributed by atoms with Crippen LogP contribution in [0, 0.1) is 6.92 Å². The van der Waals surface area contributed by atoms with Crippen LogP contribution < -0.4 is 14.2 Å². The van der Waals surface area contributed by atoms with Crippen LogP contribution in [0.3, 0.4) is 0 Å². The van der Waals surface area contributed by atoms with E-state index in [9.17, 15) is 0 Å². The van der Waals surface area contributed by atoms with Crippen molar-refractivity contribution in [3.05, 3.63) is 65.9 Å². The summed E-state index contributed by atoms with van der Waals surface area (Å²) in [5.41, 5.74) is 3.92. The standard InChI is InChI=1S/C24H23N3O3S2/c1-15-23(32-24(25-15)17-5-7-18(28-2)8-6-17)21-9-10-22(27-26-21)31-14-16-11-19(29-3)13-20(12-16)30-4/h5-13H,14H2,1-4H3. The van der Waals surface area contributed by atoms with E-state index in [0.717, 1.165) is 60.4 Å². The van der Waals surface area contributed by atoms with E-state index in [1.807, 2.05) is 61.5 Å². The maximum Gasteiger partial charge on any atom is 0.124 e. The smallest absolute Gasteiger partial charge is 0.124 e. The highest BCUT2D eigenvalue weighted by Gasteiger charge is 2.13. The molecule has 0 unspecified atom stereocenters. The lowest BCUT2D eigenvalue weighted by Gasteiger charge is -2.08. The van der Waals surface area contributed by atoms with Gasteiger partial charge in [0.2, 0.25) is 0 Å². The first-order valence-corrected chi connectivity index (χ1v) is 11.7. The second-order valence-corrected chi connectivity index (χ2v) is 8.92. The van der Waals surface area contributed by atoms with Crippen LogP contribution in [0.25, 0.3) is 21.1 Å². The Kier molecular flexibility index (Phi) is 6.92. The van der Waals surface area contributed by atoms with Gasteiger partial charge in [-0.05, 0) is 61.0 Å². The average molecular weight is 466 g/mol. The molecule has 4 aromatic rings. The van der Waals surface area contributed by atoms with Crippen LogP contribution >= 0.6 is 23.1 Å². The van der Waals surface area contributed by atoms with E-state index in [4.69, 9.17) is 19.2 Å². The predicted octanol–water partition coefficient (Wildman–Crippen LogP) is 5.89. The lowest BCUT2D eigenvalue weighted by molar-refractivity contribution is 0.393. The summed E-state index contributed by atoms with van der Waals surface area (Å²) in [6.45, 7) is 2.00. The van der Waals surface area contributed by atoms with Crippen molar-refractivity contribution in [1.82, 2.24) is 15.2 Å². The van der Waals surface area contributed by atoms with Gasteiger partial charge in [-0.3, -0.25) is 0 Å². The molecule has 0 aliphatic rings. The number of methoxy groups -OCH3 is 3. The maximum absolute atomic E-state index is 5.34. The number of ether oxygens (including phenoxy) is 3. The molecule has 0 saturated carbocycles. The fourth-order valence-corrected chi connectivity index (χ4v) is 4.90. The SMILES string of the molecule is COc1ccc(-c2nc(C)c(-c3ccc(SCc4cc(OC)cc(OC)c4)nn3)s2)cc1. The van der Waals surface area contributed by atoms with Crippen molar-refractivity contribution in [2.75, 3.05) is 21.3 Å². The third kappa shape index (κ3) is 5.03. The van der Waals surface area contributed by atoms with E-state index < -0.39 is 0 Å². The minimum absolute atomic E-state index is 0.739. The van der Waals surface area contributed by atoms with E-state index in [2.05, 4.69) is 10.2 Å². The maximum atomic E-state index is 5.34. The molecule has 0 saturated heterocycles. The van der Waals surface area contributed by atoms with E-state index >= 15 is 0 Å². The first-order chi connectivity index (χ1) is 15.6. The summed E-state index contributed by atoms with van der Waals surface area (Å²) < 4.78 is 15.9. The summed E-state index contributed by atoms with van der Waals surface area (Å²) in [6, 6.07) is 17.8. The molecule has 0 aliphatic carbocycles. The fourth-order valence-electron chi connectivity index (χ4n) is 3.12. The highest BCUT2D eigenvalue weighted by molar-refractivity contribution is 7.98. The van der Waals surface area contributed by atoms with Crippen molar-refractivity contribution in [2.24, 2.45) is 0 Å². The number of thiazole rings is 1. The van der Waals surface area contributed by atoms with Gasteiger partial charge in [0.05, 0.1) is 31.9 Å². The molecule has 0 amide bonds. The Morgan fingerprint density at radius 3 is 2.09 bits per heavy atom. The summed E-state index contributed by atoms with van der Waals surface area (Å²) in [5, 5.41) is 10.7. The molecule has 0 spiro atoms. The van der Waals surface area contributed by atoms with Crippen LogP contribution in [0.4, 0.5) is 0 Å². The van der Waals surface area contributed by atoms with E-state index in [0.29, 0.717) is 0 Å². The number of hydrogen-bond donors (Lipinski definition) is 0. The predicted molar refractivity (Wildman–Crippen MR) is 129 cm³/mol. The van der Waals surface area contributed by atoms with E-state index in [1.165, 1.54) is 0 Å². The molecule has 6 nitrogen and oxygen atoms in total. The Balaban J connectivity index is 1.47. The number of rotatable bonds is 8. The Bertz CT molecular complexity index is 1170. The van der Waals surface area contributed by atoms with Gasteiger partial charge in [-0.25, -0.2) is 4.98 Å². The number of benzene rings is 2. The topological polar surface area (TPSA) is 66.4 Å². The van der Waals surface area contributed by atoms with Gasteiger partial charge >= 0.3 is 0 Å². The van der Waals surface area contributed by atoms with Crippen LogP contribution in [0.5, 0.6) is 17.2 Å². The number of nitrogens with zero attached hydrogens (tertiary/aromatic N) is 3. The van der Waals surface area contributed by atoms with Crippen LogP contribution in [0.1, 0.15) is 11.3 Å². The van der Waals surface area contributed by atoms with Crippen molar-refractivity contribution < 1.29 is 14.2 Å². The second kappa shape index (κ2) is 10.0. The summed E-state index contributed by atoms with van der Waals surface area (Å²) >= 11 is 3.23. The van der Waals surface area contributed by atoms with Crippen LogP contribution in [0.15, 0.2) is 59.6 Å². The summed E-state index contributed by atoms with van der Waals surface area (Å²) in [7, 11) is 4.96. The Labute approximate surface area is 195 Å². The van der Waals surface area contributed by atoms with Gasteiger partial charge in [-0.2, -0.15) is 0 Å². The first-order valence-electron chi connectivity index (χ1n) is 9.90. The Morgan fingerprint density at radius 1 is 0.812 bits per heavy atom. The van der Waals surface area contributed by atoms with Gasteiger partial charge in [0.15, 0.2) is 0 Å². The minimum atomic E-state index is 0.739. The van der Waals surface area contributed by atoms with Crippen molar-refractivity contribution in [1.29, 1.82) is 0 Å². The molecule has 0 aliphatic heterocycles. The third-order valence-electron chi connectivity index (χ3n) is 4.80. The molecule has 0 radical (unpaired) electrons. The van der Waals surface area contributed by atoms with Crippen molar-refractivity contribution in [2.45, 2.75) is 17.7 Å². The van der Waals surface area contributed by atoms with Crippen molar-refractivity contribution in [3.63, 3.8) is 0 Å². The molecule has 0 fully saturated rings. The highest BCUT2D eigenvalue weighted by atomic mass is 32.2. The lowest BCUT2D eigenvalue weighted by atomic mass is 10.2. The summed E-state index contributed by atoms with van der Waals surface area (Å²) in [5.74, 6) is 3.11. The number of hydrogen-bond acceptors (Lipinski definition) is 8. The monoisotopic (exact) mass is 465 g/mol. The fraction of sp³-hybridized carbons (Fsp3) is 0.208. The molecule has 2 aromatic carbocycles. The van der Waals surface area contributed by atoms with Gasteiger partial charge in [0.25, 0.3) is 0 Å². The zero-order chi connectivity index (χ0) is 22.5. The van der Waals surface area contributed by atoms with Gasteiger partial charge in [-0.15, -0.1) is 21.5 Å². The van der Waals surface area contributed by atoms with Crippen molar-refractivity contribution in [3.8, 4) is 38.4 Å². The third-order valence-corrected chi connectivity index (χ3v) is 7.02. The van der Waals surface area contributed by atoms with E-state index in [-0.39, 0.29) is 0 Å². The molecule has 2 heterocycles. The number of thioether (sulfide) groups is 1. The number of aryl methyl sites for hydroxylation is 1. The molecular formula is C24H23N3O3S2. The molecular weight excluding hydrogens is 442 g/mol. The molecule has 2 aromatic heterocycles. The largest absolute Gasteiger partial charge is 0.497 e. The second-order valence-electron chi connectivity index (χ2n) is 6.93. The molecule has 0 atom stereocenters. The summed E-state index contributed by atoms with van der Waals surface area (Å²) in [6.07, 6.45) is 0. The Morgan fingerprint density at radius 2 is 1.50 bits per heavy atom. The van der Waals surface area contributed by atoms with Crippen LogP contribution in [0.2, 0.25) is 0 Å². The average Bonchev–Trinajstić information content (AvgIpc) is 3.24. The van der Waals surface area contributed by atoms with Gasteiger partial charge in [0.1, 0.15) is 33.0 Å². The molecule has 32 heavy (non-hydrogen) atoms. The Hall–Kier alpha value is -3.10. The number of aromatic nitrogens is 3. The summed E-state index contributed by atoms with van der Waals surface area (Å²) in [4.78, 5) is 5.75. The van der Waals surface area contributed by atoms with Crippen LogP contribution in [-0.2, 0) is 5.75 Å². The zero-order valence-corrected chi connectivity index (χ0v) is 19.9. The molecule has 4 rings (SSSR count). The van der Waals surface area contributed by atoms with Gasteiger partial charge in [0, 0.05) is 17.4 Å².